The van der Waals surface area contributed by atoms with Crippen molar-refractivity contribution in [2.45, 2.75) is 18.7 Å². The molecule has 0 saturated carbocycles. The van der Waals surface area contributed by atoms with Crippen LogP contribution in [0.4, 0.5) is 13.2 Å². The smallest absolute Gasteiger partial charge is 0.388 e. The van der Waals surface area contributed by atoms with Crippen molar-refractivity contribution in [3.05, 3.63) is 56.7 Å². The fourth-order valence-corrected chi connectivity index (χ4v) is 2.93. The second-order valence-electron chi connectivity index (χ2n) is 4.01. The molecule has 1 N–H and O–H groups in total. The number of rotatable bonds is 3. The molecule has 0 bridgehead atoms. The van der Waals surface area contributed by atoms with Gasteiger partial charge in [-0.2, -0.15) is 13.2 Å². The fourth-order valence-electron chi connectivity index (χ4n) is 1.81. The standard InChI is InChI=1S/C13H10ClF3OS/c14-12-6-5-8(19-12)7-11(18)9-3-1-2-4-10(9)13(15,16)17/h1-6,11,18H,7H2. The van der Waals surface area contributed by atoms with Crippen LogP contribution in [-0.4, -0.2) is 5.11 Å². The summed E-state index contributed by atoms with van der Waals surface area (Å²) in [4.78, 5) is 0.745. The average molecular weight is 307 g/mol. The Kier molecular flexibility index (Phi) is 4.18. The molecule has 0 fully saturated rings. The van der Waals surface area contributed by atoms with Gasteiger partial charge in [-0.15, -0.1) is 11.3 Å². The lowest BCUT2D eigenvalue weighted by atomic mass is 9.99. The van der Waals surface area contributed by atoms with Gasteiger partial charge in [0.25, 0.3) is 0 Å². The van der Waals surface area contributed by atoms with E-state index in [1.807, 2.05) is 0 Å². The number of aliphatic hydroxyl groups is 1. The average Bonchev–Trinajstić information content (AvgIpc) is 2.73. The van der Waals surface area contributed by atoms with Crippen LogP contribution in [0.2, 0.25) is 4.34 Å². The van der Waals surface area contributed by atoms with Crippen LogP contribution in [0.25, 0.3) is 0 Å². The van der Waals surface area contributed by atoms with E-state index in [-0.39, 0.29) is 12.0 Å². The van der Waals surface area contributed by atoms with Crippen molar-refractivity contribution in [1.29, 1.82) is 0 Å². The van der Waals surface area contributed by atoms with Crippen LogP contribution < -0.4 is 0 Å². The molecule has 1 unspecified atom stereocenters. The number of thiophene rings is 1. The van der Waals surface area contributed by atoms with Crippen molar-refractivity contribution in [2.75, 3.05) is 0 Å². The van der Waals surface area contributed by atoms with Crippen molar-refractivity contribution < 1.29 is 18.3 Å². The molecule has 1 atom stereocenters. The predicted octanol–water partition coefficient (Wildman–Crippen LogP) is 4.70. The lowest BCUT2D eigenvalue weighted by Crippen LogP contribution is -2.12. The summed E-state index contributed by atoms with van der Waals surface area (Å²) in [7, 11) is 0. The Morgan fingerprint density at radius 1 is 1.16 bits per heavy atom. The fraction of sp³-hybridized carbons (Fsp3) is 0.231. The van der Waals surface area contributed by atoms with Crippen LogP contribution in [0.5, 0.6) is 0 Å². The molecule has 1 heterocycles. The van der Waals surface area contributed by atoms with Gasteiger partial charge in [-0.3, -0.25) is 0 Å². The molecule has 2 aromatic rings. The van der Waals surface area contributed by atoms with Gasteiger partial charge in [0, 0.05) is 11.3 Å². The molecular weight excluding hydrogens is 297 g/mol. The zero-order valence-electron chi connectivity index (χ0n) is 9.62. The first-order valence-electron chi connectivity index (χ1n) is 5.46. The summed E-state index contributed by atoms with van der Waals surface area (Å²) >= 11 is 7.00. The lowest BCUT2D eigenvalue weighted by Gasteiger charge is -2.16. The monoisotopic (exact) mass is 306 g/mol. The Hall–Kier alpha value is -1.04. The molecule has 0 aliphatic carbocycles. The van der Waals surface area contributed by atoms with E-state index in [1.165, 1.54) is 29.5 Å². The first kappa shape index (κ1) is 14.4. The Morgan fingerprint density at radius 2 is 1.84 bits per heavy atom. The van der Waals surface area contributed by atoms with E-state index in [2.05, 4.69) is 0 Å². The summed E-state index contributed by atoms with van der Waals surface area (Å²) in [5.41, 5.74) is -0.912. The summed E-state index contributed by atoms with van der Waals surface area (Å²) < 4.78 is 39.0. The Labute approximate surface area is 117 Å². The van der Waals surface area contributed by atoms with Crippen molar-refractivity contribution in [3.8, 4) is 0 Å². The molecule has 6 heteroatoms. The van der Waals surface area contributed by atoms with Crippen molar-refractivity contribution in [2.24, 2.45) is 0 Å². The zero-order chi connectivity index (χ0) is 14.0. The molecular formula is C13H10ClF3OS. The van der Waals surface area contributed by atoms with Gasteiger partial charge >= 0.3 is 6.18 Å². The second-order valence-corrected chi connectivity index (χ2v) is 5.81. The molecule has 1 aromatic heterocycles. The van der Waals surface area contributed by atoms with Gasteiger partial charge in [0.05, 0.1) is 16.0 Å². The van der Waals surface area contributed by atoms with E-state index < -0.39 is 17.8 Å². The molecule has 0 saturated heterocycles. The third-order valence-corrected chi connectivity index (χ3v) is 3.90. The molecule has 0 spiro atoms. The number of hydrogen-bond donors (Lipinski definition) is 1. The highest BCUT2D eigenvalue weighted by Gasteiger charge is 2.34. The SMILES string of the molecule is OC(Cc1ccc(Cl)s1)c1ccccc1C(F)(F)F. The molecule has 1 aromatic carbocycles. The molecule has 19 heavy (non-hydrogen) atoms. The van der Waals surface area contributed by atoms with Crippen molar-refractivity contribution in [3.63, 3.8) is 0 Å². The van der Waals surface area contributed by atoms with Crippen LogP contribution in [-0.2, 0) is 12.6 Å². The number of halogens is 4. The summed E-state index contributed by atoms with van der Waals surface area (Å²) in [5, 5.41) is 9.99. The van der Waals surface area contributed by atoms with Crippen LogP contribution in [0.1, 0.15) is 22.1 Å². The van der Waals surface area contributed by atoms with Crippen LogP contribution in [0.3, 0.4) is 0 Å². The summed E-state index contributed by atoms with van der Waals surface area (Å²) in [6.07, 6.45) is -5.55. The first-order chi connectivity index (χ1) is 8.88. The second kappa shape index (κ2) is 5.53. The zero-order valence-corrected chi connectivity index (χ0v) is 11.2. The molecule has 0 amide bonds. The molecule has 0 aliphatic heterocycles. The Bertz CT molecular complexity index is 565. The number of benzene rings is 1. The van der Waals surface area contributed by atoms with E-state index in [9.17, 15) is 18.3 Å². The molecule has 102 valence electrons. The third-order valence-electron chi connectivity index (χ3n) is 2.65. The maximum absolute atomic E-state index is 12.8. The van der Waals surface area contributed by atoms with E-state index >= 15 is 0 Å². The highest BCUT2D eigenvalue weighted by Crippen LogP contribution is 2.36. The van der Waals surface area contributed by atoms with Gasteiger partial charge in [-0.05, 0) is 23.8 Å². The van der Waals surface area contributed by atoms with E-state index in [0.717, 1.165) is 10.9 Å². The predicted molar refractivity (Wildman–Crippen MR) is 69.4 cm³/mol. The van der Waals surface area contributed by atoms with Gasteiger partial charge < -0.3 is 5.11 Å². The van der Waals surface area contributed by atoms with Crippen molar-refractivity contribution in [1.82, 2.24) is 0 Å². The van der Waals surface area contributed by atoms with Crippen LogP contribution in [0.15, 0.2) is 36.4 Å². The molecule has 2 rings (SSSR count). The molecule has 0 radical (unpaired) electrons. The highest BCUT2D eigenvalue weighted by atomic mass is 35.5. The largest absolute Gasteiger partial charge is 0.416 e. The Balaban J connectivity index is 2.26. The highest BCUT2D eigenvalue weighted by molar-refractivity contribution is 7.16. The van der Waals surface area contributed by atoms with E-state index in [0.29, 0.717) is 4.34 Å². The number of hydrogen-bond acceptors (Lipinski definition) is 2. The first-order valence-corrected chi connectivity index (χ1v) is 6.66. The quantitative estimate of drug-likeness (QED) is 0.871. The number of aliphatic hydroxyl groups excluding tert-OH is 1. The topological polar surface area (TPSA) is 20.2 Å². The maximum atomic E-state index is 12.8. The van der Waals surface area contributed by atoms with Gasteiger partial charge in [0.15, 0.2) is 0 Å². The molecule has 0 aliphatic rings. The summed E-state index contributed by atoms with van der Waals surface area (Å²) in [5.74, 6) is 0. The third kappa shape index (κ3) is 3.49. The van der Waals surface area contributed by atoms with E-state index in [1.54, 1.807) is 12.1 Å². The minimum atomic E-state index is -4.47. The minimum Gasteiger partial charge on any atom is -0.388 e. The maximum Gasteiger partial charge on any atom is 0.416 e. The van der Waals surface area contributed by atoms with Crippen LogP contribution in [0, 0.1) is 0 Å². The van der Waals surface area contributed by atoms with Gasteiger partial charge in [0.1, 0.15) is 0 Å². The Morgan fingerprint density at radius 3 is 2.42 bits per heavy atom. The van der Waals surface area contributed by atoms with Gasteiger partial charge in [0.2, 0.25) is 0 Å². The lowest BCUT2D eigenvalue weighted by molar-refractivity contribution is -0.139. The summed E-state index contributed by atoms with van der Waals surface area (Å²) in [6.45, 7) is 0. The molecule has 1 nitrogen and oxygen atoms in total. The minimum absolute atomic E-state index is 0.112. The van der Waals surface area contributed by atoms with Crippen molar-refractivity contribution >= 4 is 22.9 Å². The number of alkyl halides is 3. The van der Waals surface area contributed by atoms with Crippen LogP contribution >= 0.6 is 22.9 Å². The van der Waals surface area contributed by atoms with Gasteiger partial charge in [-0.1, -0.05) is 29.8 Å². The summed E-state index contributed by atoms with van der Waals surface area (Å²) in [6, 6.07) is 8.41. The van der Waals surface area contributed by atoms with E-state index in [4.69, 9.17) is 11.6 Å². The van der Waals surface area contributed by atoms with Gasteiger partial charge in [-0.25, -0.2) is 0 Å². The normalized spacial score (nSPS) is 13.5.